The number of fused-ring (bicyclic) bond motifs is 1. The normalized spacial score (nSPS) is 18.9. The minimum Gasteiger partial charge on any atom is -0.372 e. The second kappa shape index (κ2) is 8.66. The third kappa shape index (κ3) is 5.29. The molecule has 142 valence electrons. The molecule has 0 unspecified atom stereocenters. The number of rotatable bonds is 3. The molecule has 0 amide bonds. The van der Waals surface area contributed by atoms with E-state index in [1.165, 1.54) is 6.42 Å². The summed E-state index contributed by atoms with van der Waals surface area (Å²) in [6.07, 6.45) is 4.65. The zero-order valence-electron chi connectivity index (χ0n) is 15.8. The van der Waals surface area contributed by atoms with Crippen LogP contribution in [-0.2, 0) is 24.2 Å². The summed E-state index contributed by atoms with van der Waals surface area (Å²) in [7, 11) is 1.84. The van der Waals surface area contributed by atoms with Gasteiger partial charge in [-0.1, -0.05) is 0 Å². The molecule has 1 aromatic rings. The first-order valence-corrected chi connectivity index (χ1v) is 9.00. The first-order valence-electron chi connectivity index (χ1n) is 9.00. The number of ether oxygens (including phenoxy) is 1. The topological polar surface area (TPSA) is 67.6 Å². The Morgan fingerprint density at radius 3 is 2.60 bits per heavy atom. The molecule has 0 radical (unpaired) electrons. The van der Waals surface area contributed by atoms with Crippen LogP contribution in [-0.4, -0.2) is 57.5 Å². The average Bonchev–Trinajstić information content (AvgIpc) is 3.12. The molecule has 3 rings (SSSR count). The van der Waals surface area contributed by atoms with Crippen molar-refractivity contribution in [3.63, 3.8) is 0 Å². The Morgan fingerprint density at radius 2 is 1.96 bits per heavy atom. The lowest BCUT2D eigenvalue weighted by molar-refractivity contribution is -0.0772. The molecule has 0 aliphatic carbocycles. The Kier molecular flexibility index (Phi) is 7.07. The van der Waals surface area contributed by atoms with Gasteiger partial charge in [-0.2, -0.15) is 0 Å². The molecule has 8 heteroatoms. The highest BCUT2D eigenvalue weighted by molar-refractivity contribution is 14.0. The standard InChI is InChI=1S/C17H30N6O.HI/c1-17(2,3)24-13-7-10-22(11-8-13)16(18-4)19-12-15-21-20-14-6-5-9-23(14)15;/h13H,5-12H2,1-4H3,(H,18,19);1H. The molecule has 0 saturated carbocycles. The van der Waals surface area contributed by atoms with Gasteiger partial charge in [0.05, 0.1) is 18.2 Å². The van der Waals surface area contributed by atoms with Crippen LogP contribution in [0.25, 0.3) is 0 Å². The van der Waals surface area contributed by atoms with Gasteiger partial charge >= 0.3 is 0 Å². The fraction of sp³-hybridized carbons (Fsp3) is 0.824. The van der Waals surface area contributed by atoms with E-state index in [0.717, 1.165) is 56.5 Å². The predicted octanol–water partition coefficient (Wildman–Crippen LogP) is 2.20. The molecule has 0 atom stereocenters. The van der Waals surface area contributed by atoms with E-state index in [0.29, 0.717) is 12.6 Å². The van der Waals surface area contributed by atoms with Crippen molar-refractivity contribution in [1.82, 2.24) is 25.0 Å². The summed E-state index contributed by atoms with van der Waals surface area (Å²) in [4.78, 5) is 6.75. The molecule has 3 heterocycles. The van der Waals surface area contributed by atoms with E-state index in [4.69, 9.17) is 4.74 Å². The first-order chi connectivity index (χ1) is 11.5. The van der Waals surface area contributed by atoms with Crippen LogP contribution < -0.4 is 5.32 Å². The van der Waals surface area contributed by atoms with Gasteiger partial charge in [-0.3, -0.25) is 4.99 Å². The quantitative estimate of drug-likeness (QED) is 0.424. The Balaban J connectivity index is 0.00000225. The van der Waals surface area contributed by atoms with Crippen LogP contribution >= 0.6 is 24.0 Å². The van der Waals surface area contributed by atoms with Gasteiger partial charge in [-0.15, -0.1) is 34.2 Å². The Hall–Kier alpha value is -0.900. The number of hydrogen-bond donors (Lipinski definition) is 1. The van der Waals surface area contributed by atoms with E-state index >= 15 is 0 Å². The summed E-state index contributed by atoms with van der Waals surface area (Å²) in [5, 5.41) is 12.0. The average molecular weight is 462 g/mol. The predicted molar refractivity (Wildman–Crippen MR) is 109 cm³/mol. The fourth-order valence-corrected chi connectivity index (χ4v) is 3.52. The summed E-state index contributed by atoms with van der Waals surface area (Å²) >= 11 is 0. The van der Waals surface area contributed by atoms with Gasteiger partial charge in [0.15, 0.2) is 11.8 Å². The lowest BCUT2D eigenvalue weighted by atomic mass is 10.1. The van der Waals surface area contributed by atoms with Crippen LogP contribution in [0.4, 0.5) is 0 Å². The molecule has 25 heavy (non-hydrogen) atoms. The number of guanidine groups is 1. The molecule has 1 aromatic heterocycles. The maximum Gasteiger partial charge on any atom is 0.194 e. The number of hydrogen-bond acceptors (Lipinski definition) is 4. The maximum atomic E-state index is 6.10. The molecule has 0 aromatic carbocycles. The van der Waals surface area contributed by atoms with Crippen LogP contribution in [0.3, 0.4) is 0 Å². The van der Waals surface area contributed by atoms with Crippen molar-refractivity contribution in [3.8, 4) is 0 Å². The van der Waals surface area contributed by atoms with Gasteiger partial charge in [-0.05, 0) is 40.0 Å². The van der Waals surface area contributed by atoms with Crippen LogP contribution in [0.1, 0.15) is 51.7 Å². The molecular formula is C17H31IN6O. The van der Waals surface area contributed by atoms with Crippen molar-refractivity contribution in [2.45, 2.75) is 71.2 Å². The molecule has 2 aliphatic rings. The number of halogens is 1. The second-order valence-electron chi connectivity index (χ2n) is 7.61. The van der Waals surface area contributed by atoms with Gasteiger partial charge in [0.1, 0.15) is 5.82 Å². The van der Waals surface area contributed by atoms with E-state index in [-0.39, 0.29) is 29.6 Å². The van der Waals surface area contributed by atoms with Crippen LogP contribution in [0, 0.1) is 0 Å². The van der Waals surface area contributed by atoms with Gasteiger partial charge in [0, 0.05) is 33.1 Å². The smallest absolute Gasteiger partial charge is 0.194 e. The number of piperidine rings is 1. The zero-order valence-corrected chi connectivity index (χ0v) is 18.1. The van der Waals surface area contributed by atoms with E-state index in [9.17, 15) is 0 Å². The van der Waals surface area contributed by atoms with Gasteiger partial charge in [0.25, 0.3) is 0 Å². The lowest BCUT2D eigenvalue weighted by Crippen LogP contribution is -2.47. The third-order valence-corrected chi connectivity index (χ3v) is 4.56. The molecule has 1 fully saturated rings. The Morgan fingerprint density at radius 1 is 1.24 bits per heavy atom. The second-order valence-corrected chi connectivity index (χ2v) is 7.61. The van der Waals surface area contributed by atoms with Crippen molar-refractivity contribution in [2.24, 2.45) is 4.99 Å². The van der Waals surface area contributed by atoms with E-state index in [2.05, 4.69) is 50.7 Å². The first kappa shape index (κ1) is 20.4. The number of nitrogens with one attached hydrogen (secondary N) is 1. The lowest BCUT2D eigenvalue weighted by Gasteiger charge is -2.36. The largest absolute Gasteiger partial charge is 0.372 e. The maximum absolute atomic E-state index is 6.10. The van der Waals surface area contributed by atoms with E-state index in [1.807, 2.05) is 7.05 Å². The molecule has 1 saturated heterocycles. The van der Waals surface area contributed by atoms with Crippen molar-refractivity contribution in [2.75, 3.05) is 20.1 Å². The Bertz CT molecular complexity index is 586. The fourth-order valence-electron chi connectivity index (χ4n) is 3.52. The molecule has 7 nitrogen and oxygen atoms in total. The minimum atomic E-state index is -0.0686. The monoisotopic (exact) mass is 462 g/mol. The number of aliphatic imine (C=N–C) groups is 1. The molecule has 0 spiro atoms. The number of aryl methyl sites for hydroxylation is 1. The highest BCUT2D eigenvalue weighted by Gasteiger charge is 2.26. The third-order valence-electron chi connectivity index (χ3n) is 4.56. The van der Waals surface area contributed by atoms with Crippen molar-refractivity contribution < 1.29 is 4.74 Å². The SMILES string of the molecule is CN=C(NCc1nnc2n1CCC2)N1CCC(OC(C)(C)C)CC1.I. The van der Waals surface area contributed by atoms with Crippen molar-refractivity contribution in [3.05, 3.63) is 11.6 Å². The summed E-state index contributed by atoms with van der Waals surface area (Å²) in [5.74, 6) is 3.07. The van der Waals surface area contributed by atoms with Crippen molar-refractivity contribution >= 4 is 29.9 Å². The van der Waals surface area contributed by atoms with Crippen LogP contribution in [0.2, 0.25) is 0 Å². The van der Waals surface area contributed by atoms with Gasteiger partial charge in [-0.25, -0.2) is 0 Å². The van der Waals surface area contributed by atoms with Gasteiger partial charge in [0.2, 0.25) is 0 Å². The number of likely N-dealkylation sites (tertiary alicyclic amines) is 1. The van der Waals surface area contributed by atoms with E-state index in [1.54, 1.807) is 0 Å². The van der Waals surface area contributed by atoms with Crippen LogP contribution in [0.5, 0.6) is 0 Å². The Labute approximate surface area is 167 Å². The summed E-state index contributed by atoms with van der Waals surface area (Å²) in [6, 6.07) is 0. The number of nitrogens with zero attached hydrogens (tertiary/aromatic N) is 5. The van der Waals surface area contributed by atoms with Gasteiger partial charge < -0.3 is 19.5 Å². The molecule has 1 N–H and O–H groups in total. The minimum absolute atomic E-state index is 0. The van der Waals surface area contributed by atoms with Crippen molar-refractivity contribution in [1.29, 1.82) is 0 Å². The molecule has 2 aliphatic heterocycles. The highest BCUT2D eigenvalue weighted by Crippen LogP contribution is 2.20. The van der Waals surface area contributed by atoms with Crippen LogP contribution in [0.15, 0.2) is 4.99 Å². The molecular weight excluding hydrogens is 431 g/mol. The van der Waals surface area contributed by atoms with E-state index < -0.39 is 0 Å². The summed E-state index contributed by atoms with van der Waals surface area (Å²) in [6.45, 7) is 10.0. The number of aromatic nitrogens is 3. The molecule has 0 bridgehead atoms. The summed E-state index contributed by atoms with van der Waals surface area (Å²) in [5.41, 5.74) is -0.0686. The zero-order chi connectivity index (χ0) is 17.2. The summed E-state index contributed by atoms with van der Waals surface area (Å²) < 4.78 is 8.33. The highest BCUT2D eigenvalue weighted by atomic mass is 127.